The van der Waals surface area contributed by atoms with Gasteiger partial charge in [0.2, 0.25) is 5.91 Å². The molecule has 0 spiro atoms. The zero-order valence-electron chi connectivity index (χ0n) is 38.1. The fourth-order valence-electron chi connectivity index (χ4n) is 7.87. The monoisotopic (exact) mass is 806 g/mol. The van der Waals surface area contributed by atoms with Crippen LogP contribution in [0.4, 0.5) is 0 Å². The predicted molar refractivity (Wildman–Crippen MR) is 247 cm³/mol. The number of hydrogen-bond donors (Lipinski definition) is 5. The minimum absolute atomic E-state index is 0.357. The minimum Gasteiger partial charge on any atom is -0.394 e. The van der Waals surface area contributed by atoms with Crippen molar-refractivity contribution < 1.29 is 25.2 Å². The molecule has 5 N–H and O–H groups in total. The Balaban J connectivity index is 3.71. The molecule has 0 saturated carbocycles. The van der Waals surface area contributed by atoms with Crippen LogP contribution in [0, 0.1) is 0 Å². The van der Waals surface area contributed by atoms with Crippen LogP contribution in [0.25, 0.3) is 0 Å². The standard InChI is InChI=1S/C51H99NO5/c1-3-5-7-9-11-13-15-17-19-21-23-24-25-26-27-29-30-32-34-36-38-40-42-44-48(54)50(56)47(46-53)52-51(57)49(55)45-43-41-39-37-35-33-31-28-22-20-18-16-14-12-10-8-6-4-2/h22,28,36,38,47-50,53-56H,3-21,23-27,29-35,37,39-46H2,1-2H3,(H,52,57)/b28-22-,38-36+. The summed E-state index contributed by atoms with van der Waals surface area (Å²) in [6, 6.07) is -1.00. The first kappa shape index (κ1) is 55.8. The lowest BCUT2D eigenvalue weighted by molar-refractivity contribution is -0.132. The van der Waals surface area contributed by atoms with Gasteiger partial charge in [-0.15, -0.1) is 0 Å². The minimum atomic E-state index is -1.28. The second-order valence-corrected chi connectivity index (χ2v) is 17.5. The summed E-state index contributed by atoms with van der Waals surface area (Å²) in [7, 11) is 0. The van der Waals surface area contributed by atoms with Crippen molar-refractivity contribution in [3.63, 3.8) is 0 Å². The Bertz CT molecular complexity index is 863. The molecule has 4 unspecified atom stereocenters. The molecule has 0 aromatic rings. The average Bonchev–Trinajstić information content (AvgIpc) is 3.22. The highest BCUT2D eigenvalue weighted by atomic mass is 16.3. The number of carbonyl (C=O) groups excluding carboxylic acids is 1. The molecule has 1 amide bonds. The van der Waals surface area contributed by atoms with Gasteiger partial charge in [-0.1, -0.05) is 224 Å². The van der Waals surface area contributed by atoms with Gasteiger partial charge in [-0.2, -0.15) is 0 Å². The highest BCUT2D eigenvalue weighted by molar-refractivity contribution is 5.80. The number of unbranched alkanes of at least 4 members (excludes halogenated alkanes) is 33. The SMILES string of the molecule is CCCCCCCCCC/C=C\CCCCCCCCC(O)C(=O)NC(CO)C(O)C(O)CCC/C=C/CCCCCCCCCCCCCCCCCCCC. The van der Waals surface area contributed by atoms with E-state index in [9.17, 15) is 25.2 Å². The van der Waals surface area contributed by atoms with Crippen molar-refractivity contribution in [2.45, 2.75) is 289 Å². The first-order valence-electron chi connectivity index (χ1n) is 25.2. The van der Waals surface area contributed by atoms with Gasteiger partial charge >= 0.3 is 0 Å². The Kier molecular flexibility index (Phi) is 44.9. The Morgan fingerprint density at radius 2 is 0.719 bits per heavy atom. The molecule has 0 aromatic heterocycles. The van der Waals surface area contributed by atoms with E-state index in [0.717, 1.165) is 44.9 Å². The van der Waals surface area contributed by atoms with Gasteiger partial charge in [0.25, 0.3) is 0 Å². The van der Waals surface area contributed by atoms with Crippen LogP contribution >= 0.6 is 0 Å². The fourth-order valence-corrected chi connectivity index (χ4v) is 7.87. The van der Waals surface area contributed by atoms with Gasteiger partial charge in [-0.25, -0.2) is 0 Å². The van der Waals surface area contributed by atoms with E-state index in [1.807, 2.05) is 0 Å². The molecule has 0 aliphatic rings. The molecule has 4 atom stereocenters. The van der Waals surface area contributed by atoms with Crippen molar-refractivity contribution in [3.05, 3.63) is 24.3 Å². The van der Waals surface area contributed by atoms with Crippen LogP contribution in [0.1, 0.15) is 264 Å². The van der Waals surface area contributed by atoms with E-state index in [1.165, 1.54) is 193 Å². The van der Waals surface area contributed by atoms with Gasteiger partial charge in [-0.05, 0) is 64.2 Å². The molecule has 0 bridgehead atoms. The van der Waals surface area contributed by atoms with Crippen LogP contribution in [0.15, 0.2) is 24.3 Å². The van der Waals surface area contributed by atoms with E-state index in [1.54, 1.807) is 0 Å². The average molecular weight is 806 g/mol. The Hall–Kier alpha value is -1.21. The summed E-state index contributed by atoms with van der Waals surface area (Å²) in [4.78, 5) is 12.5. The van der Waals surface area contributed by atoms with E-state index in [-0.39, 0.29) is 0 Å². The van der Waals surface area contributed by atoms with Gasteiger partial charge in [-0.3, -0.25) is 4.79 Å². The highest BCUT2D eigenvalue weighted by Gasteiger charge is 2.28. The summed E-state index contributed by atoms with van der Waals surface area (Å²) in [5.74, 6) is -0.596. The lowest BCUT2D eigenvalue weighted by atomic mass is 10.00. The number of hydrogen-bond acceptors (Lipinski definition) is 5. The lowest BCUT2D eigenvalue weighted by Gasteiger charge is -2.27. The normalized spacial score (nSPS) is 14.1. The molecule has 0 heterocycles. The summed E-state index contributed by atoms with van der Waals surface area (Å²) >= 11 is 0. The number of aliphatic hydroxyl groups is 4. The first-order valence-corrected chi connectivity index (χ1v) is 25.2. The second kappa shape index (κ2) is 45.9. The third-order valence-corrected chi connectivity index (χ3v) is 11.9. The van der Waals surface area contributed by atoms with E-state index < -0.39 is 36.9 Å². The predicted octanol–water partition coefficient (Wildman–Crippen LogP) is 13.9. The maximum absolute atomic E-state index is 12.5. The van der Waals surface area contributed by atoms with Crippen LogP contribution < -0.4 is 5.32 Å². The van der Waals surface area contributed by atoms with Crippen LogP contribution in [0.2, 0.25) is 0 Å². The molecule has 0 aliphatic heterocycles. The first-order chi connectivity index (χ1) is 28.0. The van der Waals surface area contributed by atoms with Crippen LogP contribution in [-0.4, -0.2) is 57.3 Å². The van der Waals surface area contributed by atoms with Crippen molar-refractivity contribution in [1.82, 2.24) is 5.32 Å². The molecule has 0 saturated heterocycles. The summed E-state index contributed by atoms with van der Waals surface area (Å²) in [6.07, 6.45) is 53.7. The lowest BCUT2D eigenvalue weighted by Crippen LogP contribution is -2.53. The zero-order chi connectivity index (χ0) is 41.7. The topological polar surface area (TPSA) is 110 Å². The number of allylic oxidation sites excluding steroid dienone is 4. The molecule has 0 fully saturated rings. The third-order valence-electron chi connectivity index (χ3n) is 11.9. The largest absolute Gasteiger partial charge is 0.394 e. The number of carbonyl (C=O) groups is 1. The molecule has 6 heteroatoms. The van der Waals surface area contributed by atoms with Gasteiger partial charge in [0.1, 0.15) is 12.2 Å². The smallest absolute Gasteiger partial charge is 0.249 e. The van der Waals surface area contributed by atoms with Crippen molar-refractivity contribution in [1.29, 1.82) is 0 Å². The van der Waals surface area contributed by atoms with Crippen molar-refractivity contribution >= 4 is 5.91 Å². The maximum Gasteiger partial charge on any atom is 0.249 e. The number of aliphatic hydroxyl groups excluding tert-OH is 4. The molecule has 0 aliphatic carbocycles. The molecule has 57 heavy (non-hydrogen) atoms. The van der Waals surface area contributed by atoms with Crippen LogP contribution in [0.5, 0.6) is 0 Å². The Morgan fingerprint density at radius 3 is 1.05 bits per heavy atom. The quantitative estimate of drug-likeness (QED) is 0.0311. The van der Waals surface area contributed by atoms with E-state index in [0.29, 0.717) is 12.8 Å². The van der Waals surface area contributed by atoms with E-state index in [2.05, 4.69) is 43.5 Å². The van der Waals surface area contributed by atoms with Crippen LogP contribution in [-0.2, 0) is 4.79 Å². The number of rotatable bonds is 46. The molecule has 6 nitrogen and oxygen atoms in total. The summed E-state index contributed by atoms with van der Waals surface area (Å²) in [5.41, 5.74) is 0. The fraction of sp³-hybridized carbons (Fsp3) is 0.902. The van der Waals surface area contributed by atoms with Crippen molar-refractivity contribution in [3.8, 4) is 0 Å². The maximum atomic E-state index is 12.5. The van der Waals surface area contributed by atoms with Crippen LogP contribution in [0.3, 0.4) is 0 Å². The van der Waals surface area contributed by atoms with Gasteiger partial charge in [0.15, 0.2) is 0 Å². The molecular formula is C51H99NO5. The van der Waals surface area contributed by atoms with Gasteiger partial charge < -0.3 is 25.7 Å². The zero-order valence-corrected chi connectivity index (χ0v) is 38.1. The molecule has 0 radical (unpaired) electrons. The molecule has 0 rings (SSSR count). The number of nitrogens with one attached hydrogen (secondary N) is 1. The summed E-state index contributed by atoms with van der Waals surface area (Å²) in [6.45, 7) is 4.06. The van der Waals surface area contributed by atoms with E-state index in [4.69, 9.17) is 0 Å². The van der Waals surface area contributed by atoms with E-state index >= 15 is 0 Å². The molecular weight excluding hydrogens is 707 g/mol. The summed E-state index contributed by atoms with van der Waals surface area (Å²) < 4.78 is 0. The van der Waals surface area contributed by atoms with Gasteiger partial charge in [0, 0.05) is 0 Å². The molecule has 338 valence electrons. The molecule has 0 aromatic carbocycles. The Morgan fingerprint density at radius 1 is 0.421 bits per heavy atom. The number of amides is 1. The van der Waals surface area contributed by atoms with Crippen molar-refractivity contribution in [2.24, 2.45) is 0 Å². The summed E-state index contributed by atoms with van der Waals surface area (Å²) in [5, 5.41) is 43.8. The van der Waals surface area contributed by atoms with Gasteiger partial charge in [0.05, 0.1) is 18.8 Å². The Labute approximate surface area is 354 Å². The third kappa shape index (κ3) is 40.0. The highest BCUT2D eigenvalue weighted by Crippen LogP contribution is 2.16. The van der Waals surface area contributed by atoms with Crippen molar-refractivity contribution in [2.75, 3.05) is 6.61 Å². The second-order valence-electron chi connectivity index (χ2n) is 17.5.